The molecule has 2 amide bonds. The van der Waals surface area contributed by atoms with E-state index in [2.05, 4.69) is 5.32 Å². The van der Waals surface area contributed by atoms with Crippen LogP contribution in [-0.2, 0) is 32.6 Å². The van der Waals surface area contributed by atoms with Gasteiger partial charge in [-0.05, 0) is 48.1 Å². The van der Waals surface area contributed by atoms with Crippen LogP contribution in [0.2, 0.25) is 5.02 Å². The van der Waals surface area contributed by atoms with E-state index in [9.17, 15) is 18.0 Å². The number of carbonyl (C=O) groups is 2. The van der Waals surface area contributed by atoms with Crippen LogP contribution in [0.5, 0.6) is 0 Å². The maximum absolute atomic E-state index is 14.3. The predicted octanol–water partition coefficient (Wildman–Crippen LogP) is 5.81. The molecule has 4 rings (SSSR count). The maximum atomic E-state index is 14.3. The Labute approximate surface area is 253 Å². The van der Waals surface area contributed by atoms with Crippen molar-refractivity contribution in [2.45, 2.75) is 45.3 Å². The molecule has 0 radical (unpaired) electrons. The van der Waals surface area contributed by atoms with Crippen LogP contribution in [0.15, 0.2) is 97.1 Å². The second-order valence-electron chi connectivity index (χ2n) is 10.4. The monoisotopic (exact) mass is 605 g/mol. The summed E-state index contributed by atoms with van der Waals surface area (Å²) in [6.45, 7) is 3.47. The van der Waals surface area contributed by atoms with Crippen LogP contribution in [0.3, 0.4) is 0 Å². The molecular weight excluding hydrogens is 570 g/mol. The molecule has 42 heavy (non-hydrogen) atoms. The van der Waals surface area contributed by atoms with Crippen molar-refractivity contribution in [3.63, 3.8) is 0 Å². The Morgan fingerprint density at radius 2 is 1.52 bits per heavy atom. The van der Waals surface area contributed by atoms with Crippen molar-refractivity contribution in [2.75, 3.05) is 17.1 Å². The van der Waals surface area contributed by atoms with E-state index in [0.29, 0.717) is 16.1 Å². The Hall–Kier alpha value is -3.88. The van der Waals surface area contributed by atoms with Crippen LogP contribution >= 0.6 is 11.6 Å². The number of nitrogens with zero attached hydrogens (tertiary/aromatic N) is 2. The molecule has 0 bridgehead atoms. The molecule has 0 spiro atoms. The zero-order valence-electron chi connectivity index (χ0n) is 24.0. The van der Waals surface area contributed by atoms with Gasteiger partial charge in [-0.3, -0.25) is 13.9 Å². The van der Waals surface area contributed by atoms with Gasteiger partial charge in [0.15, 0.2) is 0 Å². The first-order chi connectivity index (χ1) is 20.1. The van der Waals surface area contributed by atoms with E-state index in [4.69, 9.17) is 11.6 Å². The summed E-state index contributed by atoms with van der Waals surface area (Å²) in [5.74, 6) is -0.812. The summed E-state index contributed by atoms with van der Waals surface area (Å²) < 4.78 is 27.5. The molecular formula is C33H36ClN3O4S. The highest BCUT2D eigenvalue weighted by atomic mass is 35.5. The van der Waals surface area contributed by atoms with Gasteiger partial charge in [0.05, 0.1) is 11.9 Å². The Bertz CT molecular complexity index is 1640. The minimum absolute atomic E-state index is 0.0674. The number of hydrogen-bond donors (Lipinski definition) is 1. The molecule has 0 aliphatic rings. The third-order valence-corrected chi connectivity index (χ3v) is 8.59. The fraction of sp³-hybridized carbons (Fsp3) is 0.273. The number of benzene rings is 4. The van der Waals surface area contributed by atoms with E-state index in [1.54, 1.807) is 30.3 Å². The summed E-state index contributed by atoms with van der Waals surface area (Å²) in [5, 5.41) is 5.08. The standard InChI is InChI=1S/C33H36ClN3O4S/c1-4-24(2)35-33(39)31(21-25-12-6-5-7-13-25)36(22-26-14-10-17-28(34)20-26)32(38)23-37(42(3,40)41)30-19-11-16-27-15-8-9-18-29(27)30/h5-20,24,31H,4,21-23H2,1-3H3,(H,35,39)/t24-,31-/m0/s1. The molecule has 4 aromatic carbocycles. The first-order valence-corrected chi connectivity index (χ1v) is 16.1. The second kappa shape index (κ2) is 13.9. The van der Waals surface area contributed by atoms with Gasteiger partial charge in [0.1, 0.15) is 12.6 Å². The number of anilines is 1. The van der Waals surface area contributed by atoms with Gasteiger partial charge in [-0.15, -0.1) is 0 Å². The van der Waals surface area contributed by atoms with E-state index in [0.717, 1.165) is 33.5 Å². The fourth-order valence-corrected chi connectivity index (χ4v) is 5.92. The van der Waals surface area contributed by atoms with Crippen LogP contribution < -0.4 is 9.62 Å². The van der Waals surface area contributed by atoms with Crippen LogP contribution in [0, 0.1) is 0 Å². The highest BCUT2D eigenvalue weighted by Gasteiger charge is 2.33. The van der Waals surface area contributed by atoms with Crippen molar-refractivity contribution < 1.29 is 18.0 Å². The Morgan fingerprint density at radius 3 is 2.21 bits per heavy atom. The van der Waals surface area contributed by atoms with Gasteiger partial charge in [-0.25, -0.2) is 8.42 Å². The van der Waals surface area contributed by atoms with E-state index in [-0.39, 0.29) is 24.9 Å². The molecule has 0 aromatic heterocycles. The lowest BCUT2D eigenvalue weighted by atomic mass is 10.0. The molecule has 1 N–H and O–H groups in total. The van der Waals surface area contributed by atoms with E-state index >= 15 is 0 Å². The third-order valence-electron chi connectivity index (χ3n) is 7.23. The fourth-order valence-electron chi connectivity index (χ4n) is 4.85. The number of sulfonamides is 1. The smallest absolute Gasteiger partial charge is 0.244 e. The third kappa shape index (κ3) is 7.89. The minimum atomic E-state index is -3.88. The van der Waals surface area contributed by atoms with Gasteiger partial charge in [0.25, 0.3) is 0 Å². The first-order valence-electron chi connectivity index (χ1n) is 13.9. The summed E-state index contributed by atoms with van der Waals surface area (Å²) in [5.41, 5.74) is 2.00. The maximum Gasteiger partial charge on any atom is 0.244 e. The number of halogens is 1. The molecule has 4 aromatic rings. The van der Waals surface area contributed by atoms with Gasteiger partial charge in [-0.1, -0.05) is 97.4 Å². The SMILES string of the molecule is CC[C@H](C)NC(=O)[C@H](Cc1ccccc1)N(Cc1cccc(Cl)c1)C(=O)CN(c1cccc2ccccc12)S(C)(=O)=O. The number of hydrogen-bond acceptors (Lipinski definition) is 4. The van der Waals surface area contributed by atoms with Crippen LogP contribution in [0.25, 0.3) is 10.8 Å². The summed E-state index contributed by atoms with van der Waals surface area (Å²) in [4.78, 5) is 29.6. The van der Waals surface area contributed by atoms with Gasteiger partial charge < -0.3 is 10.2 Å². The lowest BCUT2D eigenvalue weighted by Crippen LogP contribution is -2.54. The molecule has 0 saturated carbocycles. The molecule has 7 nitrogen and oxygen atoms in total. The highest BCUT2D eigenvalue weighted by Crippen LogP contribution is 2.29. The lowest BCUT2D eigenvalue weighted by Gasteiger charge is -2.34. The number of nitrogens with one attached hydrogen (secondary N) is 1. The molecule has 0 heterocycles. The van der Waals surface area contributed by atoms with Crippen molar-refractivity contribution in [2.24, 2.45) is 0 Å². The highest BCUT2D eigenvalue weighted by molar-refractivity contribution is 7.92. The molecule has 220 valence electrons. The summed E-state index contributed by atoms with van der Waals surface area (Å²) in [6, 6.07) is 28.3. The summed E-state index contributed by atoms with van der Waals surface area (Å²) in [6.07, 6.45) is 2.05. The van der Waals surface area contributed by atoms with Crippen molar-refractivity contribution in [1.29, 1.82) is 0 Å². The Morgan fingerprint density at radius 1 is 0.881 bits per heavy atom. The largest absolute Gasteiger partial charge is 0.352 e. The number of fused-ring (bicyclic) bond motifs is 1. The van der Waals surface area contributed by atoms with Crippen LogP contribution in [0.4, 0.5) is 5.69 Å². The minimum Gasteiger partial charge on any atom is -0.352 e. The second-order valence-corrected chi connectivity index (χ2v) is 12.8. The van der Waals surface area contributed by atoms with E-state index < -0.39 is 28.5 Å². The molecule has 2 atom stereocenters. The van der Waals surface area contributed by atoms with Gasteiger partial charge in [0.2, 0.25) is 21.8 Å². The first kappa shape index (κ1) is 31.1. The summed E-state index contributed by atoms with van der Waals surface area (Å²) in [7, 11) is -3.88. The Balaban J connectivity index is 1.79. The van der Waals surface area contributed by atoms with Gasteiger partial charge in [0, 0.05) is 29.4 Å². The summed E-state index contributed by atoms with van der Waals surface area (Å²) >= 11 is 6.28. The average Bonchev–Trinajstić information content (AvgIpc) is 2.97. The molecule has 0 unspecified atom stereocenters. The molecule has 0 fully saturated rings. The van der Waals surface area contributed by atoms with Crippen molar-refractivity contribution in [3.8, 4) is 0 Å². The van der Waals surface area contributed by atoms with Gasteiger partial charge >= 0.3 is 0 Å². The zero-order chi connectivity index (χ0) is 30.3. The number of carbonyl (C=O) groups excluding carboxylic acids is 2. The van der Waals surface area contributed by atoms with Crippen molar-refractivity contribution in [1.82, 2.24) is 10.2 Å². The Kier molecular flexibility index (Phi) is 10.2. The molecule has 0 aliphatic heterocycles. The van der Waals surface area contributed by atoms with Crippen molar-refractivity contribution >= 4 is 49.9 Å². The number of amides is 2. The quantitative estimate of drug-likeness (QED) is 0.221. The predicted molar refractivity (Wildman–Crippen MR) is 170 cm³/mol. The molecule has 0 aliphatic carbocycles. The van der Waals surface area contributed by atoms with Crippen LogP contribution in [0.1, 0.15) is 31.4 Å². The van der Waals surface area contributed by atoms with Crippen LogP contribution in [-0.4, -0.2) is 50.0 Å². The molecule has 0 saturated heterocycles. The lowest BCUT2D eigenvalue weighted by molar-refractivity contribution is -0.140. The van der Waals surface area contributed by atoms with E-state index in [1.165, 1.54) is 4.90 Å². The molecule has 9 heteroatoms. The van der Waals surface area contributed by atoms with Crippen molar-refractivity contribution in [3.05, 3.63) is 113 Å². The average molecular weight is 606 g/mol. The normalized spacial score (nSPS) is 12.9. The zero-order valence-corrected chi connectivity index (χ0v) is 25.6. The topological polar surface area (TPSA) is 86.8 Å². The number of rotatable bonds is 12. The van der Waals surface area contributed by atoms with E-state index in [1.807, 2.05) is 80.6 Å². The van der Waals surface area contributed by atoms with Gasteiger partial charge in [-0.2, -0.15) is 0 Å².